The zero-order valence-electron chi connectivity index (χ0n) is 14.6. The molecule has 1 aliphatic rings. The van der Waals surface area contributed by atoms with E-state index in [1.807, 2.05) is 12.1 Å². The normalized spacial score (nSPS) is 13.0. The van der Waals surface area contributed by atoms with Gasteiger partial charge in [0.1, 0.15) is 5.84 Å². The number of aliphatic imine (C=N–C) groups is 1. The van der Waals surface area contributed by atoms with E-state index in [0.717, 1.165) is 11.3 Å². The van der Waals surface area contributed by atoms with Gasteiger partial charge in [-0.3, -0.25) is 4.79 Å². The predicted molar refractivity (Wildman–Crippen MR) is 99.3 cm³/mol. The van der Waals surface area contributed by atoms with E-state index in [2.05, 4.69) is 43.2 Å². The van der Waals surface area contributed by atoms with Crippen LogP contribution in [0.4, 0.5) is 0 Å². The minimum absolute atomic E-state index is 0.213. The summed E-state index contributed by atoms with van der Waals surface area (Å²) in [4.78, 5) is 16.9. The third-order valence-electron chi connectivity index (χ3n) is 4.21. The number of carbonyl (C=O) groups excluding carboxylic acids is 1. The lowest BCUT2D eigenvalue weighted by Crippen LogP contribution is -2.29. The Labute approximate surface area is 147 Å². The smallest absolute Gasteiger partial charge is 0.256 e. The van der Waals surface area contributed by atoms with Crippen molar-refractivity contribution < 1.29 is 4.79 Å². The van der Waals surface area contributed by atoms with E-state index >= 15 is 0 Å². The highest BCUT2D eigenvalue weighted by atomic mass is 16.1. The molecular weight excluding hydrogens is 310 g/mol. The molecule has 2 aromatic rings. The number of carbonyl (C=O) groups is 1. The maximum Gasteiger partial charge on any atom is 0.256 e. The lowest BCUT2D eigenvalue weighted by molar-refractivity contribution is 0.0976. The topological polar surface area (TPSA) is 65.2 Å². The van der Waals surface area contributed by atoms with Gasteiger partial charge in [-0.05, 0) is 56.2 Å². The van der Waals surface area contributed by atoms with Crippen LogP contribution in [0.2, 0.25) is 0 Å². The maximum atomic E-state index is 12.3. The molecule has 0 fully saturated rings. The first-order valence-electron chi connectivity index (χ1n) is 8.15. The van der Waals surface area contributed by atoms with Crippen LogP contribution in [0, 0.1) is 32.1 Å². The van der Waals surface area contributed by atoms with E-state index in [4.69, 9.17) is 5.26 Å². The molecule has 0 spiro atoms. The predicted octanol–water partition coefficient (Wildman–Crippen LogP) is 4.06. The van der Waals surface area contributed by atoms with Crippen LogP contribution in [-0.2, 0) is 0 Å². The third kappa shape index (κ3) is 3.51. The average molecular weight is 329 g/mol. The molecule has 25 heavy (non-hydrogen) atoms. The Kier molecular flexibility index (Phi) is 4.49. The number of amides is 1. The number of nitriles is 1. The summed E-state index contributed by atoms with van der Waals surface area (Å²) in [5.74, 6) is 0.430. The van der Waals surface area contributed by atoms with E-state index in [9.17, 15) is 4.79 Å². The highest BCUT2D eigenvalue weighted by Gasteiger charge is 2.17. The van der Waals surface area contributed by atoms with Crippen molar-refractivity contribution in [3.63, 3.8) is 0 Å². The monoisotopic (exact) mass is 329 g/mol. The van der Waals surface area contributed by atoms with Gasteiger partial charge in [-0.15, -0.1) is 0 Å². The van der Waals surface area contributed by atoms with Crippen LogP contribution >= 0.6 is 0 Å². The van der Waals surface area contributed by atoms with Gasteiger partial charge >= 0.3 is 0 Å². The highest BCUT2D eigenvalue weighted by Crippen LogP contribution is 2.28. The Bertz CT molecular complexity index is 921. The van der Waals surface area contributed by atoms with Gasteiger partial charge in [-0.2, -0.15) is 5.26 Å². The van der Waals surface area contributed by atoms with Crippen molar-refractivity contribution in [1.82, 2.24) is 5.32 Å². The van der Waals surface area contributed by atoms with Crippen molar-refractivity contribution in [3.05, 3.63) is 75.9 Å². The van der Waals surface area contributed by atoms with Crippen molar-refractivity contribution in [1.29, 1.82) is 5.26 Å². The number of nitrogens with one attached hydrogen (secondary N) is 1. The number of aryl methyl sites for hydroxylation is 3. The molecule has 1 amide bonds. The zero-order valence-corrected chi connectivity index (χ0v) is 14.6. The van der Waals surface area contributed by atoms with Crippen LogP contribution in [0.1, 0.15) is 44.6 Å². The van der Waals surface area contributed by atoms with Crippen LogP contribution in [0.25, 0.3) is 5.70 Å². The first kappa shape index (κ1) is 16.7. The van der Waals surface area contributed by atoms with Gasteiger partial charge in [0.15, 0.2) is 0 Å². The first-order valence-corrected chi connectivity index (χ1v) is 8.15. The molecule has 1 aliphatic heterocycles. The Balaban J connectivity index is 1.77. The zero-order chi connectivity index (χ0) is 18.0. The van der Waals surface area contributed by atoms with Gasteiger partial charge in [-0.1, -0.05) is 23.8 Å². The molecule has 0 unspecified atom stereocenters. The molecule has 0 atom stereocenters. The summed E-state index contributed by atoms with van der Waals surface area (Å²) in [5.41, 5.74) is 6.69. The molecule has 1 heterocycles. The largest absolute Gasteiger partial charge is 0.310 e. The van der Waals surface area contributed by atoms with Crippen molar-refractivity contribution in [3.8, 4) is 6.07 Å². The second-order valence-corrected chi connectivity index (χ2v) is 6.27. The maximum absolute atomic E-state index is 12.3. The van der Waals surface area contributed by atoms with E-state index in [0.29, 0.717) is 23.4 Å². The second-order valence-electron chi connectivity index (χ2n) is 6.27. The number of benzene rings is 2. The lowest BCUT2D eigenvalue weighted by Gasteiger charge is -2.10. The molecule has 0 radical (unpaired) electrons. The number of amidine groups is 1. The Morgan fingerprint density at radius 2 is 1.76 bits per heavy atom. The summed E-state index contributed by atoms with van der Waals surface area (Å²) in [5, 5.41) is 11.7. The fourth-order valence-corrected chi connectivity index (χ4v) is 3.15. The van der Waals surface area contributed by atoms with Crippen LogP contribution in [0.15, 0.2) is 47.5 Å². The van der Waals surface area contributed by atoms with E-state index in [1.165, 1.54) is 16.7 Å². The van der Waals surface area contributed by atoms with E-state index < -0.39 is 0 Å². The molecule has 124 valence electrons. The summed E-state index contributed by atoms with van der Waals surface area (Å²) in [6.45, 7) is 6.25. The highest BCUT2D eigenvalue weighted by molar-refractivity contribution is 6.09. The van der Waals surface area contributed by atoms with Gasteiger partial charge in [-0.25, -0.2) is 4.99 Å². The summed E-state index contributed by atoms with van der Waals surface area (Å²) in [6.07, 6.45) is 2.64. The van der Waals surface area contributed by atoms with Crippen LogP contribution in [-0.4, -0.2) is 11.7 Å². The molecular formula is C21H19N3O. The van der Waals surface area contributed by atoms with Crippen LogP contribution < -0.4 is 5.32 Å². The Hall–Kier alpha value is -3.19. The number of rotatable bonds is 2. The molecule has 0 bridgehead atoms. The fourth-order valence-electron chi connectivity index (χ4n) is 3.15. The molecule has 2 aromatic carbocycles. The number of nitrogens with zero attached hydrogens (tertiary/aromatic N) is 2. The molecule has 4 heteroatoms. The summed E-state index contributed by atoms with van der Waals surface area (Å²) in [6, 6.07) is 12.9. The van der Waals surface area contributed by atoms with Gasteiger partial charge < -0.3 is 5.32 Å². The van der Waals surface area contributed by atoms with Gasteiger partial charge in [0.25, 0.3) is 5.91 Å². The van der Waals surface area contributed by atoms with Crippen molar-refractivity contribution in [2.45, 2.75) is 27.2 Å². The molecule has 3 rings (SSSR count). The molecule has 0 aliphatic carbocycles. The van der Waals surface area contributed by atoms with Crippen molar-refractivity contribution in [2.24, 2.45) is 4.99 Å². The molecule has 1 N–H and O–H groups in total. The minimum atomic E-state index is -0.213. The standard InChI is InChI=1S/C21H19N3O/c1-13-10-14(2)20(15(3)11-13)18-8-9-19(23-18)24-21(25)17-6-4-16(12-22)5-7-17/h4-8,10-11H,9H2,1-3H3,(H,23,24,25). The van der Waals surface area contributed by atoms with Gasteiger partial charge in [0.2, 0.25) is 0 Å². The average Bonchev–Trinajstić information content (AvgIpc) is 3.02. The third-order valence-corrected chi connectivity index (χ3v) is 4.21. The quantitative estimate of drug-likeness (QED) is 0.903. The number of hydrogen-bond acceptors (Lipinski definition) is 3. The summed E-state index contributed by atoms with van der Waals surface area (Å²) in [7, 11) is 0. The van der Waals surface area contributed by atoms with Crippen LogP contribution in [0.3, 0.4) is 0 Å². The molecule has 4 nitrogen and oxygen atoms in total. The summed E-state index contributed by atoms with van der Waals surface area (Å²) >= 11 is 0. The Morgan fingerprint density at radius 1 is 1.12 bits per heavy atom. The number of hydrogen-bond donors (Lipinski definition) is 1. The van der Waals surface area contributed by atoms with Crippen LogP contribution in [0.5, 0.6) is 0 Å². The summed E-state index contributed by atoms with van der Waals surface area (Å²) < 4.78 is 0. The first-order chi connectivity index (χ1) is 12.0. The van der Waals surface area contributed by atoms with E-state index in [-0.39, 0.29) is 5.91 Å². The lowest BCUT2D eigenvalue weighted by atomic mass is 9.97. The van der Waals surface area contributed by atoms with Gasteiger partial charge in [0, 0.05) is 17.5 Å². The molecule has 0 aromatic heterocycles. The van der Waals surface area contributed by atoms with Crippen molar-refractivity contribution in [2.75, 3.05) is 0 Å². The van der Waals surface area contributed by atoms with Gasteiger partial charge in [0.05, 0.1) is 17.3 Å². The minimum Gasteiger partial charge on any atom is -0.310 e. The second kappa shape index (κ2) is 6.74. The molecule has 0 saturated heterocycles. The fraction of sp³-hybridized carbons (Fsp3) is 0.190. The molecule has 0 saturated carbocycles. The van der Waals surface area contributed by atoms with E-state index in [1.54, 1.807) is 24.3 Å². The SMILES string of the molecule is Cc1cc(C)c(C2=CCC(NC(=O)c3ccc(C#N)cc3)=N2)c(C)c1. The Morgan fingerprint density at radius 3 is 2.36 bits per heavy atom. The van der Waals surface area contributed by atoms with Crippen molar-refractivity contribution >= 4 is 17.4 Å².